The summed E-state index contributed by atoms with van der Waals surface area (Å²) in [7, 11) is 0. The van der Waals surface area contributed by atoms with Crippen LogP contribution >= 0.6 is 22.9 Å². The molecule has 0 aliphatic carbocycles. The van der Waals surface area contributed by atoms with Crippen molar-refractivity contribution < 1.29 is 18.3 Å². The molecule has 4 aromatic heterocycles. The molecule has 6 heterocycles. The number of ether oxygens (including phenoxy) is 2. The largest absolute Gasteiger partial charge is 0.490 e. The Morgan fingerprint density at radius 3 is 2.95 bits per heavy atom. The molecule has 12 heteroatoms. The summed E-state index contributed by atoms with van der Waals surface area (Å²) < 4.78 is 28.2. The number of allylic oxidation sites excluding steroid dienone is 1. The van der Waals surface area contributed by atoms with Crippen LogP contribution in [0.4, 0.5) is 16.6 Å². The summed E-state index contributed by atoms with van der Waals surface area (Å²) in [4.78, 5) is 19.4. The van der Waals surface area contributed by atoms with E-state index in [9.17, 15) is 4.79 Å². The van der Waals surface area contributed by atoms with E-state index >= 15 is 0 Å². The first kappa shape index (κ1) is 25.1. The van der Waals surface area contributed by atoms with Crippen LogP contribution in [0.15, 0.2) is 61.9 Å². The van der Waals surface area contributed by atoms with Crippen molar-refractivity contribution in [2.24, 2.45) is 5.92 Å². The van der Waals surface area contributed by atoms with Crippen LogP contribution in [-0.2, 0) is 4.74 Å². The van der Waals surface area contributed by atoms with Crippen molar-refractivity contribution in [3.05, 3.63) is 58.5 Å². The molecule has 10 nitrogen and oxygen atoms in total. The Hall–Kier alpha value is -3.87. The van der Waals surface area contributed by atoms with Crippen LogP contribution in [0.2, 0.25) is 0 Å². The zero-order chi connectivity index (χ0) is 27.2. The molecule has 0 radical (unpaired) electrons. The highest BCUT2D eigenvalue weighted by Gasteiger charge is 2.26. The van der Waals surface area contributed by atoms with Crippen LogP contribution in [0.5, 0.6) is 5.75 Å². The van der Waals surface area contributed by atoms with Crippen molar-refractivity contribution in [2.75, 3.05) is 43.1 Å². The fraction of sp³-hybridized carbons (Fsp3) is 0.321. The molecule has 206 valence electrons. The summed E-state index contributed by atoms with van der Waals surface area (Å²) in [5, 5.41) is 11.3. The number of furan rings is 1. The minimum absolute atomic E-state index is 0.0199. The summed E-state index contributed by atoms with van der Waals surface area (Å²) in [6.07, 6.45) is 4.21. The van der Waals surface area contributed by atoms with Gasteiger partial charge in [0, 0.05) is 48.4 Å². The third-order valence-electron chi connectivity index (χ3n) is 7.30. The van der Waals surface area contributed by atoms with E-state index in [-0.39, 0.29) is 17.1 Å². The smallest absolute Gasteiger partial charge is 0.230 e. The summed E-state index contributed by atoms with van der Waals surface area (Å²) in [6.45, 7) is 9.51. The Balaban J connectivity index is 1.16. The minimum atomic E-state index is -0.222. The Morgan fingerprint density at radius 2 is 2.12 bits per heavy atom. The SMILES string of the molecule is C=C1C[C@H]([C@H](C)Oc2cc(Nc3cnc(-c4coc5c(=O)cc(N6CCOCC6)oc45)s3)cc3nscc23)CN1. The predicted molar refractivity (Wildman–Crippen MR) is 157 cm³/mol. The van der Waals surface area contributed by atoms with E-state index in [1.54, 1.807) is 6.20 Å². The Kier molecular flexibility index (Phi) is 6.45. The highest BCUT2D eigenvalue weighted by molar-refractivity contribution is 7.19. The monoisotopic (exact) mass is 577 g/mol. The van der Waals surface area contributed by atoms with Gasteiger partial charge in [-0.3, -0.25) is 4.79 Å². The zero-order valence-corrected chi connectivity index (χ0v) is 23.4. The quantitative estimate of drug-likeness (QED) is 0.254. The molecular weight excluding hydrogens is 550 g/mol. The number of benzene rings is 1. The number of hydrogen-bond donors (Lipinski definition) is 2. The van der Waals surface area contributed by atoms with Crippen LogP contribution in [-0.4, -0.2) is 48.3 Å². The maximum Gasteiger partial charge on any atom is 0.230 e. The standard InChI is InChI=1S/C28H27N5O5S2/c1-15-7-17(11-29-15)16(2)37-23-9-18(8-21-20(23)14-39-32-21)31-24-12-30-28(40-24)19-13-36-27-22(34)10-25(38-26(19)27)33-3-5-35-6-4-33/h8-10,12-14,16-17,29,31H,1,3-7,11H2,2H3/t16-,17-/m0/s1. The molecule has 2 N–H and O–H groups in total. The first-order valence-electron chi connectivity index (χ1n) is 13.1. The van der Waals surface area contributed by atoms with Gasteiger partial charge in [-0.1, -0.05) is 17.9 Å². The van der Waals surface area contributed by atoms with E-state index in [1.807, 2.05) is 22.4 Å². The number of thiazole rings is 1. The third kappa shape index (κ3) is 4.72. The average molecular weight is 578 g/mol. The van der Waals surface area contributed by atoms with E-state index in [0.717, 1.165) is 46.0 Å². The normalized spacial score (nSPS) is 18.4. The van der Waals surface area contributed by atoms with Gasteiger partial charge in [-0.25, -0.2) is 4.98 Å². The lowest BCUT2D eigenvalue weighted by Gasteiger charge is -2.26. The van der Waals surface area contributed by atoms with E-state index < -0.39 is 0 Å². The highest BCUT2D eigenvalue weighted by Crippen LogP contribution is 2.38. The molecule has 2 atom stereocenters. The van der Waals surface area contributed by atoms with Crippen molar-refractivity contribution in [2.45, 2.75) is 19.4 Å². The van der Waals surface area contributed by atoms with Crippen molar-refractivity contribution in [3.63, 3.8) is 0 Å². The molecule has 0 unspecified atom stereocenters. The summed E-state index contributed by atoms with van der Waals surface area (Å²) >= 11 is 2.85. The van der Waals surface area contributed by atoms with Crippen LogP contribution in [0.25, 0.3) is 32.6 Å². The second kappa shape index (κ2) is 10.3. The molecule has 2 aliphatic rings. The minimum Gasteiger partial charge on any atom is -0.490 e. The molecule has 7 rings (SSSR count). The maximum absolute atomic E-state index is 12.8. The second-order valence-electron chi connectivity index (χ2n) is 10.0. The van der Waals surface area contributed by atoms with Gasteiger partial charge in [-0.05, 0) is 30.9 Å². The van der Waals surface area contributed by atoms with Crippen LogP contribution in [0.1, 0.15) is 13.3 Å². The topological polar surface area (TPSA) is 115 Å². The van der Waals surface area contributed by atoms with Crippen molar-refractivity contribution in [3.8, 4) is 16.3 Å². The molecule has 0 bridgehead atoms. The average Bonchev–Trinajstić information content (AvgIpc) is 3.76. The lowest BCUT2D eigenvalue weighted by Crippen LogP contribution is -2.36. The molecule has 0 spiro atoms. The number of hydrogen-bond acceptors (Lipinski definition) is 12. The van der Waals surface area contributed by atoms with E-state index in [4.69, 9.17) is 18.3 Å². The number of morpholine rings is 1. The van der Waals surface area contributed by atoms with E-state index in [1.165, 1.54) is 35.2 Å². The highest BCUT2D eigenvalue weighted by atomic mass is 32.1. The maximum atomic E-state index is 12.8. The molecule has 0 saturated carbocycles. The summed E-state index contributed by atoms with van der Waals surface area (Å²) in [6, 6.07) is 5.48. The third-order valence-corrected chi connectivity index (χ3v) is 8.89. The summed E-state index contributed by atoms with van der Waals surface area (Å²) in [5.74, 6) is 1.67. The van der Waals surface area contributed by atoms with Gasteiger partial charge in [0.2, 0.25) is 11.0 Å². The van der Waals surface area contributed by atoms with Crippen molar-refractivity contribution in [1.82, 2.24) is 14.7 Å². The number of fused-ring (bicyclic) bond motifs is 2. The fourth-order valence-corrected chi connectivity index (χ4v) is 6.59. The van der Waals surface area contributed by atoms with Crippen LogP contribution in [0, 0.1) is 5.92 Å². The van der Waals surface area contributed by atoms with Gasteiger partial charge in [0.15, 0.2) is 11.5 Å². The first-order chi connectivity index (χ1) is 19.5. The molecule has 5 aromatic rings. The van der Waals surface area contributed by atoms with Gasteiger partial charge in [0.05, 0.1) is 41.9 Å². The number of anilines is 3. The second-order valence-corrected chi connectivity index (χ2v) is 11.7. The lowest BCUT2D eigenvalue weighted by atomic mass is 10.0. The number of nitrogens with zero attached hydrogens (tertiary/aromatic N) is 3. The van der Waals surface area contributed by atoms with Gasteiger partial charge in [0.1, 0.15) is 28.1 Å². The number of aromatic nitrogens is 2. The lowest BCUT2D eigenvalue weighted by molar-refractivity contribution is 0.121. The van der Waals surface area contributed by atoms with Crippen molar-refractivity contribution >= 4 is 61.5 Å². The predicted octanol–water partition coefficient (Wildman–Crippen LogP) is 5.59. The van der Waals surface area contributed by atoms with Gasteiger partial charge >= 0.3 is 0 Å². The summed E-state index contributed by atoms with van der Waals surface area (Å²) in [5.41, 5.74) is 3.77. The van der Waals surface area contributed by atoms with Crippen molar-refractivity contribution in [1.29, 1.82) is 0 Å². The van der Waals surface area contributed by atoms with Crippen LogP contribution < -0.4 is 25.7 Å². The van der Waals surface area contributed by atoms with Gasteiger partial charge in [-0.2, -0.15) is 4.37 Å². The number of rotatable bonds is 7. The molecule has 40 heavy (non-hydrogen) atoms. The molecule has 2 fully saturated rings. The molecular formula is C28H27N5O5S2. The van der Waals surface area contributed by atoms with E-state index in [0.29, 0.717) is 54.3 Å². The zero-order valence-electron chi connectivity index (χ0n) is 21.8. The van der Waals surface area contributed by atoms with E-state index in [2.05, 4.69) is 33.5 Å². The van der Waals surface area contributed by atoms with Gasteiger partial charge < -0.3 is 33.8 Å². The Morgan fingerprint density at radius 1 is 1.25 bits per heavy atom. The first-order valence-corrected chi connectivity index (χ1v) is 14.7. The Bertz CT molecular complexity index is 1770. The molecule has 2 saturated heterocycles. The molecule has 0 amide bonds. The van der Waals surface area contributed by atoms with Crippen LogP contribution in [0.3, 0.4) is 0 Å². The Labute approximate surface area is 237 Å². The van der Waals surface area contributed by atoms with Gasteiger partial charge in [-0.15, -0.1) is 0 Å². The molecule has 2 aliphatic heterocycles. The van der Waals surface area contributed by atoms with Gasteiger partial charge in [0.25, 0.3) is 0 Å². The number of nitrogens with one attached hydrogen (secondary N) is 2. The molecule has 1 aromatic carbocycles. The fourth-order valence-electron chi connectivity index (χ4n) is 5.09.